The van der Waals surface area contributed by atoms with E-state index in [0.717, 1.165) is 0 Å². The Bertz CT molecular complexity index is 317. The van der Waals surface area contributed by atoms with Gasteiger partial charge in [-0.15, -0.1) is 0 Å². The van der Waals surface area contributed by atoms with Gasteiger partial charge in [0, 0.05) is 12.6 Å². The maximum atomic E-state index is 10.6. The second-order valence-corrected chi connectivity index (χ2v) is 6.20. The summed E-state index contributed by atoms with van der Waals surface area (Å²) >= 11 is 0. The van der Waals surface area contributed by atoms with Crippen LogP contribution in [0.3, 0.4) is 0 Å². The van der Waals surface area contributed by atoms with Crippen LogP contribution in [0.15, 0.2) is 0 Å². The first-order valence-corrected chi connectivity index (χ1v) is 7.38. The summed E-state index contributed by atoms with van der Waals surface area (Å²) in [5.74, 6) is -0.394. The van der Waals surface area contributed by atoms with Gasteiger partial charge in [-0.3, -0.25) is 9.45 Å². The maximum absolute atomic E-state index is 10.6. The van der Waals surface area contributed by atoms with E-state index in [0.29, 0.717) is 0 Å². The monoisotopic (exact) mass is 285 g/mol. The summed E-state index contributed by atoms with van der Waals surface area (Å²) in [6.45, 7) is 2.53. The highest BCUT2D eigenvalue weighted by Gasteiger charge is 2.36. The van der Waals surface area contributed by atoms with Gasteiger partial charge in [-0.25, -0.2) is 0 Å². The number of nitrogens with zero attached hydrogens (tertiary/aromatic N) is 1. The van der Waals surface area contributed by atoms with Gasteiger partial charge in [0.15, 0.2) is 0 Å². The molecule has 0 saturated heterocycles. The first-order chi connectivity index (χ1) is 8.22. The van der Waals surface area contributed by atoms with E-state index in [9.17, 15) is 23.7 Å². The lowest BCUT2D eigenvalue weighted by Gasteiger charge is -2.43. The number of hydrogen-bond acceptors (Lipinski definition) is 6. The van der Waals surface area contributed by atoms with Gasteiger partial charge >= 0.3 is 0 Å². The molecule has 0 aliphatic rings. The second kappa shape index (κ2) is 7.37. The zero-order valence-corrected chi connectivity index (χ0v) is 11.6. The van der Waals surface area contributed by atoms with Gasteiger partial charge in [-0.05, 0) is 20.3 Å². The number of aliphatic hydroxyl groups is 3. The minimum atomic E-state index is -4.03. The van der Waals surface area contributed by atoms with Gasteiger partial charge in [0.25, 0.3) is 10.1 Å². The molecule has 0 atom stereocenters. The van der Waals surface area contributed by atoms with Crippen molar-refractivity contribution >= 4 is 10.1 Å². The quantitative estimate of drug-likeness (QED) is 0.388. The van der Waals surface area contributed by atoms with Crippen LogP contribution < -0.4 is 0 Å². The van der Waals surface area contributed by atoms with Gasteiger partial charge in [-0.2, -0.15) is 8.42 Å². The lowest BCUT2D eigenvalue weighted by atomic mass is 9.98. The van der Waals surface area contributed by atoms with E-state index in [1.54, 1.807) is 4.90 Å². The first kappa shape index (κ1) is 17.8. The van der Waals surface area contributed by atoms with Crippen molar-refractivity contribution in [2.24, 2.45) is 0 Å². The van der Waals surface area contributed by atoms with Crippen LogP contribution in [0.2, 0.25) is 0 Å². The molecule has 0 radical (unpaired) electrons. The number of hydrogen-bond donors (Lipinski definition) is 4. The molecular weight excluding hydrogens is 262 g/mol. The zero-order valence-electron chi connectivity index (χ0n) is 10.8. The molecule has 4 N–H and O–H groups in total. The van der Waals surface area contributed by atoms with Crippen LogP contribution in [0, 0.1) is 0 Å². The van der Waals surface area contributed by atoms with E-state index >= 15 is 0 Å². The number of aliphatic hydroxyl groups excluding tert-OH is 3. The van der Waals surface area contributed by atoms with E-state index in [2.05, 4.69) is 0 Å². The van der Waals surface area contributed by atoms with Crippen molar-refractivity contribution in [3.8, 4) is 0 Å². The largest absolute Gasteiger partial charge is 0.394 e. The molecule has 110 valence electrons. The van der Waals surface area contributed by atoms with E-state index in [1.165, 1.54) is 0 Å². The summed E-state index contributed by atoms with van der Waals surface area (Å²) in [6.07, 6.45) is 0.152. The topological polar surface area (TPSA) is 118 Å². The molecule has 0 fully saturated rings. The Labute approximate surface area is 108 Å². The standard InChI is InChI=1S/C10H23NO6S/c1-9(2)11(4-3-5-18(15,16)17)10(6-12,7-13)8-14/h9,12-14H,3-8H2,1-2H3,(H,15,16,17). The maximum Gasteiger partial charge on any atom is 0.264 e. The highest BCUT2D eigenvalue weighted by Crippen LogP contribution is 2.18. The molecule has 0 unspecified atom stereocenters. The van der Waals surface area contributed by atoms with Crippen molar-refractivity contribution < 1.29 is 28.3 Å². The highest BCUT2D eigenvalue weighted by atomic mass is 32.2. The average Bonchev–Trinajstić information content (AvgIpc) is 2.27. The first-order valence-electron chi connectivity index (χ1n) is 5.77. The fraction of sp³-hybridized carbons (Fsp3) is 1.00. The van der Waals surface area contributed by atoms with Gasteiger partial charge in [0.05, 0.1) is 31.1 Å². The number of rotatable bonds is 9. The normalized spacial score (nSPS) is 13.6. The van der Waals surface area contributed by atoms with Crippen molar-refractivity contribution in [1.82, 2.24) is 4.90 Å². The Morgan fingerprint density at radius 2 is 1.56 bits per heavy atom. The lowest BCUT2D eigenvalue weighted by Crippen LogP contribution is -2.60. The van der Waals surface area contributed by atoms with Crippen molar-refractivity contribution in [2.75, 3.05) is 32.1 Å². The van der Waals surface area contributed by atoms with Gasteiger partial charge in [-0.1, -0.05) is 0 Å². The predicted octanol–water partition coefficient (Wildman–Crippen LogP) is -1.31. The molecule has 0 rings (SSSR count). The van der Waals surface area contributed by atoms with Crippen LogP contribution in [-0.2, 0) is 10.1 Å². The molecule has 0 heterocycles. The van der Waals surface area contributed by atoms with Gasteiger partial charge in [0.2, 0.25) is 0 Å². The summed E-state index contributed by atoms with van der Waals surface area (Å²) in [5, 5.41) is 28.0. The molecule has 0 aromatic carbocycles. The molecule has 0 aliphatic heterocycles. The molecule has 18 heavy (non-hydrogen) atoms. The summed E-state index contributed by atoms with van der Waals surface area (Å²) in [7, 11) is -4.03. The summed E-state index contributed by atoms with van der Waals surface area (Å²) in [5.41, 5.74) is -1.19. The smallest absolute Gasteiger partial charge is 0.264 e. The van der Waals surface area contributed by atoms with Crippen LogP contribution in [0.5, 0.6) is 0 Å². The third-order valence-electron chi connectivity index (χ3n) is 2.92. The molecule has 0 spiro atoms. The Morgan fingerprint density at radius 3 is 1.83 bits per heavy atom. The summed E-state index contributed by atoms with van der Waals surface area (Å²) < 4.78 is 29.9. The van der Waals surface area contributed by atoms with E-state index < -0.39 is 41.2 Å². The van der Waals surface area contributed by atoms with E-state index in [4.69, 9.17) is 4.55 Å². The fourth-order valence-corrected chi connectivity index (χ4v) is 2.38. The highest BCUT2D eigenvalue weighted by molar-refractivity contribution is 7.85. The average molecular weight is 285 g/mol. The van der Waals surface area contributed by atoms with Gasteiger partial charge < -0.3 is 15.3 Å². The molecule has 0 aromatic rings. The lowest BCUT2D eigenvalue weighted by molar-refractivity contribution is -0.0621. The minimum Gasteiger partial charge on any atom is -0.394 e. The van der Waals surface area contributed by atoms with Crippen LogP contribution in [0.1, 0.15) is 20.3 Å². The van der Waals surface area contributed by atoms with Crippen molar-refractivity contribution in [2.45, 2.75) is 31.8 Å². The molecule has 0 amide bonds. The molecule has 0 aliphatic carbocycles. The van der Waals surface area contributed by atoms with E-state index in [1.807, 2.05) is 13.8 Å². The molecule has 8 heteroatoms. The second-order valence-electron chi connectivity index (χ2n) is 4.63. The third kappa shape index (κ3) is 5.17. The third-order valence-corrected chi connectivity index (χ3v) is 3.72. The fourth-order valence-electron chi connectivity index (χ4n) is 1.88. The molecule has 0 saturated carbocycles. The Morgan fingerprint density at radius 1 is 1.11 bits per heavy atom. The SMILES string of the molecule is CC(C)N(CCCS(=O)(=O)O)C(CO)(CO)CO. The molecule has 0 bridgehead atoms. The van der Waals surface area contributed by atoms with Crippen molar-refractivity contribution in [3.05, 3.63) is 0 Å². The van der Waals surface area contributed by atoms with Crippen molar-refractivity contribution in [1.29, 1.82) is 0 Å². The van der Waals surface area contributed by atoms with Crippen LogP contribution >= 0.6 is 0 Å². The molecule has 7 nitrogen and oxygen atoms in total. The summed E-state index contributed by atoms with van der Waals surface area (Å²) in [6, 6.07) is -0.0992. The Balaban J connectivity index is 4.75. The Kier molecular flexibility index (Phi) is 7.26. The van der Waals surface area contributed by atoms with Gasteiger partial charge in [0.1, 0.15) is 0 Å². The Hall–Kier alpha value is -0.250. The van der Waals surface area contributed by atoms with Crippen molar-refractivity contribution in [3.63, 3.8) is 0 Å². The molecular formula is C10H23NO6S. The summed E-state index contributed by atoms with van der Waals surface area (Å²) in [4.78, 5) is 1.64. The zero-order chi connectivity index (χ0) is 14.4. The van der Waals surface area contributed by atoms with E-state index in [-0.39, 0.29) is 19.0 Å². The van der Waals surface area contributed by atoms with Crippen LogP contribution in [-0.4, -0.2) is 76.9 Å². The van der Waals surface area contributed by atoms with Crippen LogP contribution in [0.4, 0.5) is 0 Å². The minimum absolute atomic E-state index is 0.0992. The molecule has 0 aromatic heterocycles. The van der Waals surface area contributed by atoms with Crippen LogP contribution in [0.25, 0.3) is 0 Å². The predicted molar refractivity (Wildman–Crippen MR) is 66.9 cm³/mol.